The summed E-state index contributed by atoms with van der Waals surface area (Å²) < 4.78 is 1.01. The standard InChI is InChI=1S/C11H11BrN2S/c1-14(8-10-3-2-6-15-10)11-5-4-9(12)7-13-11/h2-7H,8H2,1H3. The van der Waals surface area contributed by atoms with E-state index in [9.17, 15) is 0 Å². The first-order valence-corrected chi connectivity index (χ1v) is 6.28. The third kappa shape index (κ3) is 2.79. The van der Waals surface area contributed by atoms with Gasteiger partial charge in [0.15, 0.2) is 0 Å². The fraction of sp³-hybridized carbons (Fsp3) is 0.182. The molecule has 2 heterocycles. The van der Waals surface area contributed by atoms with Crippen LogP contribution in [0, 0.1) is 0 Å². The number of rotatable bonds is 3. The SMILES string of the molecule is CN(Cc1cccs1)c1ccc(Br)cn1. The van der Waals surface area contributed by atoms with Gasteiger partial charge in [0.1, 0.15) is 5.82 Å². The van der Waals surface area contributed by atoms with Crippen molar-refractivity contribution in [3.05, 3.63) is 45.2 Å². The van der Waals surface area contributed by atoms with Crippen molar-refractivity contribution < 1.29 is 0 Å². The Balaban J connectivity index is 2.08. The summed E-state index contributed by atoms with van der Waals surface area (Å²) in [6.45, 7) is 0.909. The van der Waals surface area contributed by atoms with Gasteiger partial charge in [-0.1, -0.05) is 6.07 Å². The summed E-state index contributed by atoms with van der Waals surface area (Å²) in [4.78, 5) is 7.83. The van der Waals surface area contributed by atoms with Crippen LogP contribution in [0.4, 0.5) is 5.82 Å². The molecule has 0 spiro atoms. The van der Waals surface area contributed by atoms with Gasteiger partial charge in [-0.2, -0.15) is 0 Å². The third-order valence-corrected chi connectivity index (χ3v) is 3.41. The lowest BCUT2D eigenvalue weighted by Gasteiger charge is -2.16. The van der Waals surface area contributed by atoms with E-state index in [2.05, 4.69) is 50.4 Å². The van der Waals surface area contributed by atoms with Gasteiger partial charge in [0, 0.05) is 22.6 Å². The molecule has 0 atom stereocenters. The summed E-state index contributed by atoms with van der Waals surface area (Å²) in [5, 5.41) is 2.10. The molecule has 0 amide bonds. The van der Waals surface area contributed by atoms with E-state index in [0.717, 1.165) is 16.8 Å². The van der Waals surface area contributed by atoms with Crippen molar-refractivity contribution in [2.45, 2.75) is 6.54 Å². The van der Waals surface area contributed by atoms with Crippen LogP contribution in [-0.2, 0) is 6.54 Å². The molecule has 15 heavy (non-hydrogen) atoms. The second-order valence-electron chi connectivity index (χ2n) is 3.27. The van der Waals surface area contributed by atoms with E-state index in [1.165, 1.54) is 4.88 Å². The molecule has 0 saturated carbocycles. The number of aromatic nitrogens is 1. The quantitative estimate of drug-likeness (QED) is 0.856. The first-order chi connectivity index (χ1) is 7.25. The van der Waals surface area contributed by atoms with Gasteiger partial charge in [0.25, 0.3) is 0 Å². The molecular weight excluding hydrogens is 272 g/mol. The average molecular weight is 283 g/mol. The van der Waals surface area contributed by atoms with E-state index in [4.69, 9.17) is 0 Å². The molecule has 2 aromatic heterocycles. The lowest BCUT2D eigenvalue weighted by molar-refractivity contribution is 0.912. The second kappa shape index (κ2) is 4.77. The first kappa shape index (κ1) is 10.6. The van der Waals surface area contributed by atoms with E-state index in [1.807, 2.05) is 18.3 Å². The largest absolute Gasteiger partial charge is 0.355 e. The lowest BCUT2D eigenvalue weighted by atomic mass is 10.4. The van der Waals surface area contributed by atoms with Crippen molar-refractivity contribution in [1.82, 2.24) is 4.98 Å². The Morgan fingerprint density at radius 2 is 2.27 bits per heavy atom. The second-order valence-corrected chi connectivity index (χ2v) is 5.22. The summed E-state index contributed by atoms with van der Waals surface area (Å²) in [7, 11) is 2.05. The Labute approximate surface area is 102 Å². The zero-order chi connectivity index (χ0) is 10.7. The van der Waals surface area contributed by atoms with Crippen LogP contribution in [-0.4, -0.2) is 12.0 Å². The Morgan fingerprint density at radius 3 is 2.87 bits per heavy atom. The molecule has 0 saturated heterocycles. The predicted molar refractivity (Wildman–Crippen MR) is 68.4 cm³/mol. The molecule has 2 aromatic rings. The Morgan fingerprint density at radius 1 is 1.40 bits per heavy atom. The third-order valence-electron chi connectivity index (χ3n) is 2.08. The van der Waals surface area contributed by atoms with E-state index in [1.54, 1.807) is 11.3 Å². The monoisotopic (exact) mass is 282 g/mol. The maximum absolute atomic E-state index is 4.34. The average Bonchev–Trinajstić information content (AvgIpc) is 2.71. The Kier molecular flexibility index (Phi) is 3.38. The van der Waals surface area contributed by atoms with Gasteiger partial charge >= 0.3 is 0 Å². The molecule has 0 aliphatic carbocycles. The molecule has 0 N–H and O–H groups in total. The fourth-order valence-corrected chi connectivity index (χ4v) is 2.30. The smallest absolute Gasteiger partial charge is 0.128 e. The number of anilines is 1. The zero-order valence-corrected chi connectivity index (χ0v) is 10.8. The molecule has 0 bridgehead atoms. The van der Waals surface area contributed by atoms with Gasteiger partial charge < -0.3 is 4.90 Å². The van der Waals surface area contributed by atoms with Crippen LogP contribution in [0.5, 0.6) is 0 Å². The van der Waals surface area contributed by atoms with Gasteiger partial charge in [-0.25, -0.2) is 4.98 Å². The van der Waals surface area contributed by atoms with Crippen LogP contribution in [0.1, 0.15) is 4.88 Å². The molecule has 78 valence electrons. The number of nitrogens with zero attached hydrogens (tertiary/aromatic N) is 2. The van der Waals surface area contributed by atoms with Crippen LogP contribution >= 0.6 is 27.3 Å². The summed E-state index contributed by atoms with van der Waals surface area (Å²) >= 11 is 5.15. The summed E-state index contributed by atoms with van der Waals surface area (Å²) in [5.74, 6) is 0.992. The number of pyridine rings is 1. The van der Waals surface area contributed by atoms with Crippen LogP contribution in [0.25, 0.3) is 0 Å². The Bertz CT molecular complexity index is 411. The molecule has 0 aromatic carbocycles. The minimum absolute atomic E-state index is 0.909. The summed E-state index contributed by atoms with van der Waals surface area (Å²) in [6, 6.07) is 8.23. The van der Waals surface area contributed by atoms with Crippen LogP contribution in [0.2, 0.25) is 0 Å². The number of thiophene rings is 1. The van der Waals surface area contributed by atoms with Crippen molar-refractivity contribution in [1.29, 1.82) is 0 Å². The predicted octanol–water partition coefficient (Wildman–Crippen LogP) is 3.54. The maximum atomic E-state index is 4.34. The van der Waals surface area contributed by atoms with Crippen LogP contribution in [0.3, 0.4) is 0 Å². The highest BCUT2D eigenvalue weighted by molar-refractivity contribution is 9.10. The Hall–Kier alpha value is -0.870. The molecule has 0 radical (unpaired) electrons. The van der Waals surface area contributed by atoms with Crippen LogP contribution < -0.4 is 4.90 Å². The first-order valence-electron chi connectivity index (χ1n) is 4.61. The van der Waals surface area contributed by atoms with E-state index < -0.39 is 0 Å². The molecule has 0 fully saturated rings. The van der Waals surface area contributed by atoms with Crippen molar-refractivity contribution in [3.8, 4) is 0 Å². The summed E-state index contributed by atoms with van der Waals surface area (Å²) in [6.07, 6.45) is 1.82. The van der Waals surface area contributed by atoms with Crippen molar-refractivity contribution >= 4 is 33.1 Å². The molecule has 4 heteroatoms. The highest BCUT2D eigenvalue weighted by Crippen LogP contribution is 2.17. The zero-order valence-electron chi connectivity index (χ0n) is 8.35. The molecule has 0 unspecified atom stereocenters. The number of halogens is 1. The molecule has 2 rings (SSSR count). The van der Waals surface area contributed by atoms with Gasteiger partial charge in [0.05, 0.1) is 6.54 Å². The minimum Gasteiger partial charge on any atom is -0.355 e. The summed E-state index contributed by atoms with van der Waals surface area (Å²) in [5.41, 5.74) is 0. The van der Waals surface area contributed by atoms with E-state index in [-0.39, 0.29) is 0 Å². The molecule has 0 aliphatic heterocycles. The van der Waals surface area contributed by atoms with Gasteiger partial charge in [-0.15, -0.1) is 11.3 Å². The normalized spacial score (nSPS) is 10.3. The van der Waals surface area contributed by atoms with E-state index in [0.29, 0.717) is 0 Å². The number of hydrogen-bond donors (Lipinski definition) is 0. The van der Waals surface area contributed by atoms with Crippen molar-refractivity contribution in [2.75, 3.05) is 11.9 Å². The van der Waals surface area contributed by atoms with E-state index >= 15 is 0 Å². The molecular formula is C11H11BrN2S. The van der Waals surface area contributed by atoms with Crippen molar-refractivity contribution in [3.63, 3.8) is 0 Å². The lowest BCUT2D eigenvalue weighted by Crippen LogP contribution is -2.16. The molecule has 0 aliphatic rings. The molecule has 2 nitrogen and oxygen atoms in total. The fourth-order valence-electron chi connectivity index (χ4n) is 1.31. The topological polar surface area (TPSA) is 16.1 Å². The highest BCUT2D eigenvalue weighted by Gasteiger charge is 2.03. The van der Waals surface area contributed by atoms with Gasteiger partial charge in [0.2, 0.25) is 0 Å². The van der Waals surface area contributed by atoms with Gasteiger partial charge in [-0.05, 0) is 39.5 Å². The maximum Gasteiger partial charge on any atom is 0.128 e. The van der Waals surface area contributed by atoms with Crippen molar-refractivity contribution in [2.24, 2.45) is 0 Å². The van der Waals surface area contributed by atoms with Crippen LogP contribution in [0.15, 0.2) is 40.3 Å². The van der Waals surface area contributed by atoms with Gasteiger partial charge in [-0.3, -0.25) is 0 Å². The number of hydrogen-bond acceptors (Lipinski definition) is 3. The minimum atomic E-state index is 0.909. The highest BCUT2D eigenvalue weighted by atomic mass is 79.9.